The van der Waals surface area contributed by atoms with Crippen molar-refractivity contribution in [2.45, 2.75) is 19.9 Å². The molecule has 9 nitrogen and oxygen atoms in total. The predicted octanol–water partition coefficient (Wildman–Crippen LogP) is 1.18. The van der Waals surface area contributed by atoms with Crippen LogP contribution in [0.1, 0.15) is 38.2 Å². The van der Waals surface area contributed by atoms with Gasteiger partial charge < -0.3 is 19.4 Å². The van der Waals surface area contributed by atoms with Crippen LogP contribution in [0.5, 0.6) is 5.88 Å². The maximum absolute atomic E-state index is 12.9. The summed E-state index contributed by atoms with van der Waals surface area (Å²) >= 11 is 1.42. The van der Waals surface area contributed by atoms with E-state index in [4.69, 9.17) is 4.74 Å². The van der Waals surface area contributed by atoms with Crippen molar-refractivity contribution in [1.29, 1.82) is 0 Å². The molecule has 4 rings (SSSR count). The Morgan fingerprint density at radius 3 is 2.69 bits per heavy atom. The molecule has 0 aromatic carbocycles. The molecule has 0 atom stereocenters. The highest BCUT2D eigenvalue weighted by atomic mass is 32.1. The number of aromatic nitrogens is 2. The van der Waals surface area contributed by atoms with Gasteiger partial charge in [0.15, 0.2) is 0 Å². The average Bonchev–Trinajstić information content (AvgIpc) is 3.07. The van der Waals surface area contributed by atoms with E-state index in [1.54, 1.807) is 16.8 Å². The van der Waals surface area contributed by atoms with Crippen molar-refractivity contribution in [2.75, 3.05) is 38.7 Å². The van der Waals surface area contributed by atoms with E-state index in [0.717, 1.165) is 10.4 Å². The summed E-state index contributed by atoms with van der Waals surface area (Å²) in [5.74, 6) is -0.109. The zero-order valence-electron chi connectivity index (χ0n) is 16.5. The fourth-order valence-electron chi connectivity index (χ4n) is 3.65. The standard InChI is InChI=1S/C19H21N5O4S/c1-4-24-15(25)10-22(2)18(27)16-11-5-6-23(9-13(11)29-19(16)24)17(26)12-7-21-14(28-3)8-20-12/h7-8H,4-6,9-10H2,1-3H3. The van der Waals surface area contributed by atoms with Gasteiger partial charge in [-0.3, -0.25) is 14.4 Å². The van der Waals surface area contributed by atoms with E-state index in [0.29, 0.717) is 42.5 Å². The molecule has 0 radical (unpaired) electrons. The number of fused-ring (bicyclic) bond motifs is 3. The highest BCUT2D eigenvalue weighted by Gasteiger charge is 2.37. The van der Waals surface area contributed by atoms with Gasteiger partial charge in [-0.1, -0.05) is 0 Å². The molecular weight excluding hydrogens is 394 g/mol. The van der Waals surface area contributed by atoms with Gasteiger partial charge in [-0.15, -0.1) is 11.3 Å². The van der Waals surface area contributed by atoms with E-state index in [2.05, 4.69) is 9.97 Å². The van der Waals surface area contributed by atoms with Crippen LogP contribution >= 0.6 is 11.3 Å². The maximum atomic E-state index is 12.9. The molecule has 0 fully saturated rings. The monoisotopic (exact) mass is 415 g/mol. The molecule has 0 unspecified atom stereocenters. The number of carbonyl (C=O) groups excluding carboxylic acids is 3. The smallest absolute Gasteiger partial charge is 0.274 e. The summed E-state index contributed by atoms with van der Waals surface area (Å²) in [6, 6.07) is 0. The Hall–Kier alpha value is -3.01. The van der Waals surface area contributed by atoms with Crippen LogP contribution in [0.15, 0.2) is 12.4 Å². The Labute approximate surface area is 171 Å². The van der Waals surface area contributed by atoms with Gasteiger partial charge in [0.05, 0.1) is 31.6 Å². The molecule has 0 saturated carbocycles. The number of ether oxygens (including phenoxy) is 1. The van der Waals surface area contributed by atoms with E-state index in [9.17, 15) is 14.4 Å². The third-order valence-corrected chi connectivity index (χ3v) is 6.42. The molecule has 2 aromatic rings. The predicted molar refractivity (Wildman–Crippen MR) is 106 cm³/mol. The van der Waals surface area contributed by atoms with Crippen molar-refractivity contribution in [3.05, 3.63) is 34.1 Å². The van der Waals surface area contributed by atoms with Crippen LogP contribution in [0, 0.1) is 0 Å². The van der Waals surface area contributed by atoms with Crippen LogP contribution in [-0.4, -0.2) is 71.3 Å². The minimum absolute atomic E-state index is 0.0730. The lowest BCUT2D eigenvalue weighted by Gasteiger charge is -2.27. The van der Waals surface area contributed by atoms with Gasteiger partial charge in [-0.05, 0) is 18.9 Å². The topological polar surface area (TPSA) is 95.9 Å². The second-order valence-electron chi connectivity index (χ2n) is 6.90. The number of hydrogen-bond acceptors (Lipinski definition) is 7. The molecule has 0 saturated heterocycles. The van der Waals surface area contributed by atoms with Crippen molar-refractivity contribution < 1.29 is 19.1 Å². The number of likely N-dealkylation sites (N-methyl/N-ethyl adjacent to an activating group) is 2. The van der Waals surface area contributed by atoms with Crippen LogP contribution in [0.4, 0.5) is 5.00 Å². The summed E-state index contributed by atoms with van der Waals surface area (Å²) in [6.45, 7) is 3.32. The van der Waals surface area contributed by atoms with E-state index >= 15 is 0 Å². The van der Waals surface area contributed by atoms with Gasteiger partial charge in [0.1, 0.15) is 17.2 Å². The number of rotatable bonds is 3. The summed E-state index contributed by atoms with van der Waals surface area (Å²) in [4.78, 5) is 52.2. The molecule has 0 spiro atoms. The number of anilines is 1. The minimum Gasteiger partial charge on any atom is -0.480 e. The molecule has 4 heterocycles. The quantitative estimate of drug-likeness (QED) is 0.747. The highest BCUT2D eigenvalue weighted by molar-refractivity contribution is 7.17. The van der Waals surface area contributed by atoms with Crippen LogP contribution in [0.25, 0.3) is 0 Å². The number of carbonyl (C=O) groups is 3. The third kappa shape index (κ3) is 3.23. The third-order valence-electron chi connectivity index (χ3n) is 5.18. The number of hydrogen-bond donors (Lipinski definition) is 0. The summed E-state index contributed by atoms with van der Waals surface area (Å²) in [5.41, 5.74) is 1.80. The van der Waals surface area contributed by atoms with Crippen molar-refractivity contribution in [3.63, 3.8) is 0 Å². The SMILES string of the molecule is CCN1C(=O)CN(C)C(=O)c2c1sc1c2CCN(C(=O)c2cnc(OC)cn2)C1. The van der Waals surface area contributed by atoms with Gasteiger partial charge in [-0.25, -0.2) is 9.97 Å². The molecule has 152 valence electrons. The lowest BCUT2D eigenvalue weighted by atomic mass is 10.0. The zero-order chi connectivity index (χ0) is 20.7. The van der Waals surface area contributed by atoms with E-state index in [-0.39, 0.29) is 30.0 Å². The Kier molecular flexibility index (Phi) is 4.95. The first-order valence-electron chi connectivity index (χ1n) is 9.30. The highest BCUT2D eigenvalue weighted by Crippen LogP contribution is 2.41. The lowest BCUT2D eigenvalue weighted by molar-refractivity contribution is -0.118. The van der Waals surface area contributed by atoms with Crippen LogP contribution in [0.3, 0.4) is 0 Å². The normalized spacial score (nSPS) is 16.4. The molecule has 2 aliphatic heterocycles. The van der Waals surface area contributed by atoms with E-state index in [1.807, 2.05) is 6.92 Å². The lowest BCUT2D eigenvalue weighted by Crippen LogP contribution is -2.38. The number of methoxy groups -OCH3 is 1. The summed E-state index contributed by atoms with van der Waals surface area (Å²) < 4.78 is 4.98. The fourth-order valence-corrected chi connectivity index (χ4v) is 5.09. The first-order chi connectivity index (χ1) is 13.9. The molecular formula is C19H21N5O4S. The second kappa shape index (κ2) is 7.43. The molecule has 0 aliphatic carbocycles. The van der Waals surface area contributed by atoms with Crippen molar-refractivity contribution in [1.82, 2.24) is 19.8 Å². The van der Waals surface area contributed by atoms with E-state index in [1.165, 1.54) is 35.7 Å². The molecule has 3 amide bonds. The van der Waals surface area contributed by atoms with Gasteiger partial charge in [0, 0.05) is 25.0 Å². The Morgan fingerprint density at radius 2 is 2.03 bits per heavy atom. The van der Waals surface area contributed by atoms with Gasteiger partial charge in [0.25, 0.3) is 11.8 Å². The Balaban J connectivity index is 1.65. The Morgan fingerprint density at radius 1 is 1.24 bits per heavy atom. The van der Waals surface area contributed by atoms with Gasteiger partial charge >= 0.3 is 0 Å². The molecule has 0 bridgehead atoms. The van der Waals surface area contributed by atoms with Crippen molar-refractivity contribution in [3.8, 4) is 5.88 Å². The van der Waals surface area contributed by atoms with E-state index < -0.39 is 0 Å². The molecule has 0 N–H and O–H groups in total. The summed E-state index contributed by atoms with van der Waals surface area (Å²) in [5, 5.41) is 0.690. The molecule has 29 heavy (non-hydrogen) atoms. The van der Waals surface area contributed by atoms with Crippen molar-refractivity contribution in [2.24, 2.45) is 0 Å². The molecule has 2 aliphatic rings. The minimum atomic E-state index is -0.221. The molecule has 10 heteroatoms. The first kappa shape index (κ1) is 19.3. The zero-order valence-corrected chi connectivity index (χ0v) is 17.3. The van der Waals surface area contributed by atoms with Gasteiger partial charge in [-0.2, -0.15) is 0 Å². The number of thiophene rings is 1. The van der Waals surface area contributed by atoms with Crippen LogP contribution < -0.4 is 9.64 Å². The first-order valence-corrected chi connectivity index (χ1v) is 10.1. The van der Waals surface area contributed by atoms with Crippen LogP contribution in [-0.2, 0) is 17.8 Å². The Bertz CT molecular complexity index is 987. The summed E-state index contributed by atoms with van der Waals surface area (Å²) in [7, 11) is 3.13. The molecule has 2 aromatic heterocycles. The van der Waals surface area contributed by atoms with Crippen LogP contribution in [0.2, 0.25) is 0 Å². The van der Waals surface area contributed by atoms with Crippen molar-refractivity contribution >= 4 is 34.1 Å². The van der Waals surface area contributed by atoms with Gasteiger partial charge in [0.2, 0.25) is 11.8 Å². The fraction of sp³-hybridized carbons (Fsp3) is 0.421. The number of nitrogens with zero attached hydrogens (tertiary/aromatic N) is 5. The summed E-state index contributed by atoms with van der Waals surface area (Å²) in [6.07, 6.45) is 3.37. The maximum Gasteiger partial charge on any atom is 0.274 e. The number of amides is 3. The largest absolute Gasteiger partial charge is 0.480 e. The average molecular weight is 415 g/mol. The second-order valence-corrected chi connectivity index (χ2v) is 7.99.